The van der Waals surface area contributed by atoms with Crippen LogP contribution < -0.4 is 0 Å². The van der Waals surface area contributed by atoms with Gasteiger partial charge in [-0.15, -0.1) is 0 Å². The molecule has 1 heterocycles. The fraction of sp³-hybridized carbons (Fsp3) is 0.167. The fourth-order valence-corrected chi connectivity index (χ4v) is 4.18. The number of ether oxygens (including phenoxy) is 1. The molecule has 0 atom stereocenters. The third kappa shape index (κ3) is 2.59. The lowest BCUT2D eigenvalue weighted by Gasteiger charge is -2.07. The molecule has 0 aliphatic rings. The van der Waals surface area contributed by atoms with Crippen molar-refractivity contribution < 1.29 is 22.4 Å². The molecule has 124 valence electrons. The molecule has 0 bridgehead atoms. The van der Waals surface area contributed by atoms with Gasteiger partial charge in [0.25, 0.3) is 0 Å². The third-order valence-electron chi connectivity index (χ3n) is 3.67. The summed E-state index contributed by atoms with van der Waals surface area (Å²) in [6, 6.07) is 13.3. The van der Waals surface area contributed by atoms with Gasteiger partial charge in [0.05, 0.1) is 11.5 Å². The summed E-state index contributed by atoms with van der Waals surface area (Å²) in [6.07, 6.45) is 0. The van der Waals surface area contributed by atoms with Crippen LogP contribution in [-0.2, 0) is 14.6 Å². The number of rotatable bonds is 4. The van der Waals surface area contributed by atoms with E-state index in [4.69, 9.17) is 9.15 Å². The number of para-hydroxylation sites is 1. The maximum absolute atomic E-state index is 13.1. The van der Waals surface area contributed by atoms with E-state index in [0.717, 1.165) is 0 Å². The minimum Gasteiger partial charge on any atom is -0.462 e. The lowest BCUT2D eigenvalue weighted by atomic mass is 10.2. The summed E-state index contributed by atoms with van der Waals surface area (Å²) in [7, 11) is -3.99. The zero-order valence-corrected chi connectivity index (χ0v) is 14.1. The summed E-state index contributed by atoms with van der Waals surface area (Å²) >= 11 is 0. The molecule has 0 unspecified atom stereocenters. The predicted molar refractivity (Wildman–Crippen MR) is 88.8 cm³/mol. The number of esters is 1. The number of hydrogen-bond acceptors (Lipinski definition) is 5. The maximum atomic E-state index is 13.1. The minimum absolute atomic E-state index is 0.0595. The first-order chi connectivity index (χ1) is 11.5. The van der Waals surface area contributed by atoms with Crippen molar-refractivity contribution in [2.45, 2.75) is 23.8 Å². The van der Waals surface area contributed by atoms with Gasteiger partial charge in [0.15, 0.2) is 0 Å². The molecule has 24 heavy (non-hydrogen) atoms. The number of furan rings is 1. The van der Waals surface area contributed by atoms with E-state index in [2.05, 4.69) is 0 Å². The SMILES string of the molecule is CCOC(=O)c1c(S(=O)(=O)c2ccccc2C)oc2ccccc12. The van der Waals surface area contributed by atoms with E-state index < -0.39 is 15.8 Å². The van der Waals surface area contributed by atoms with Crippen LogP contribution in [-0.4, -0.2) is 21.0 Å². The number of carbonyl (C=O) groups is 1. The summed E-state index contributed by atoms with van der Waals surface area (Å²) in [5, 5.41) is 0.0413. The molecule has 0 aliphatic carbocycles. The van der Waals surface area contributed by atoms with Crippen molar-refractivity contribution in [3.8, 4) is 0 Å². The number of fused-ring (bicyclic) bond motifs is 1. The van der Waals surface area contributed by atoms with Gasteiger partial charge < -0.3 is 9.15 Å². The highest BCUT2D eigenvalue weighted by molar-refractivity contribution is 7.91. The van der Waals surface area contributed by atoms with Crippen molar-refractivity contribution in [1.29, 1.82) is 0 Å². The zero-order chi connectivity index (χ0) is 17.3. The molecule has 5 nitrogen and oxygen atoms in total. The van der Waals surface area contributed by atoms with Gasteiger partial charge in [0.1, 0.15) is 11.1 Å². The Labute approximate surface area is 139 Å². The van der Waals surface area contributed by atoms with Crippen LogP contribution in [0, 0.1) is 6.92 Å². The third-order valence-corrected chi connectivity index (χ3v) is 5.48. The summed E-state index contributed by atoms with van der Waals surface area (Å²) in [5.74, 6) is -0.713. The normalized spacial score (nSPS) is 11.6. The van der Waals surface area contributed by atoms with Crippen molar-refractivity contribution in [2.24, 2.45) is 0 Å². The van der Waals surface area contributed by atoms with Gasteiger partial charge in [0, 0.05) is 5.39 Å². The van der Waals surface area contributed by atoms with E-state index in [0.29, 0.717) is 16.5 Å². The highest BCUT2D eigenvalue weighted by Gasteiger charge is 2.33. The van der Waals surface area contributed by atoms with Crippen LogP contribution in [0.25, 0.3) is 11.0 Å². The van der Waals surface area contributed by atoms with E-state index in [1.54, 1.807) is 56.3 Å². The second-order valence-electron chi connectivity index (χ2n) is 5.25. The molecular formula is C18H16O5S. The number of benzene rings is 2. The summed E-state index contributed by atoms with van der Waals surface area (Å²) in [5.41, 5.74) is 0.844. The molecule has 3 rings (SSSR count). The molecule has 0 fully saturated rings. The van der Waals surface area contributed by atoms with E-state index in [1.807, 2.05) is 0 Å². The van der Waals surface area contributed by atoms with E-state index >= 15 is 0 Å². The van der Waals surface area contributed by atoms with Gasteiger partial charge in [-0.3, -0.25) is 0 Å². The first-order valence-corrected chi connectivity index (χ1v) is 8.94. The van der Waals surface area contributed by atoms with Crippen molar-refractivity contribution in [2.75, 3.05) is 6.61 Å². The molecule has 0 aliphatic heterocycles. The number of carbonyl (C=O) groups excluding carboxylic acids is 1. The average molecular weight is 344 g/mol. The lowest BCUT2D eigenvalue weighted by molar-refractivity contribution is 0.0521. The predicted octanol–water partition coefficient (Wildman–Crippen LogP) is 3.75. The first kappa shape index (κ1) is 16.3. The highest BCUT2D eigenvalue weighted by Crippen LogP contribution is 2.34. The summed E-state index contributed by atoms with van der Waals surface area (Å²) in [6.45, 7) is 3.50. The second-order valence-corrected chi connectivity index (χ2v) is 7.07. The van der Waals surface area contributed by atoms with Gasteiger partial charge in [-0.2, -0.15) is 0 Å². The molecule has 0 spiro atoms. The molecule has 0 N–H and O–H groups in total. The Morgan fingerprint density at radius 1 is 1.08 bits per heavy atom. The smallest absolute Gasteiger partial charge is 0.343 e. The first-order valence-electron chi connectivity index (χ1n) is 7.46. The summed E-state index contributed by atoms with van der Waals surface area (Å²) in [4.78, 5) is 12.5. The van der Waals surface area contributed by atoms with Crippen molar-refractivity contribution in [3.05, 3.63) is 59.7 Å². The maximum Gasteiger partial charge on any atom is 0.343 e. The van der Waals surface area contributed by atoms with E-state index in [1.165, 1.54) is 6.07 Å². The lowest BCUT2D eigenvalue weighted by Crippen LogP contribution is -2.11. The molecule has 0 saturated carbocycles. The van der Waals surface area contributed by atoms with Crippen LogP contribution in [0.4, 0.5) is 0 Å². The molecule has 0 saturated heterocycles. The average Bonchev–Trinajstić information content (AvgIpc) is 2.95. The fourth-order valence-electron chi connectivity index (χ4n) is 2.57. The molecular weight excluding hydrogens is 328 g/mol. The topological polar surface area (TPSA) is 73.6 Å². The molecule has 2 aromatic carbocycles. The number of aryl methyl sites for hydroxylation is 1. The Hall–Kier alpha value is -2.60. The number of sulfone groups is 1. The van der Waals surface area contributed by atoms with Gasteiger partial charge in [-0.1, -0.05) is 36.4 Å². The van der Waals surface area contributed by atoms with E-state index in [9.17, 15) is 13.2 Å². The quantitative estimate of drug-likeness (QED) is 0.674. The molecule has 1 aromatic heterocycles. The molecule has 0 amide bonds. The Balaban J connectivity index is 2.32. The van der Waals surface area contributed by atoms with Gasteiger partial charge in [0.2, 0.25) is 14.9 Å². The van der Waals surface area contributed by atoms with Crippen LogP contribution in [0.15, 0.2) is 62.9 Å². The van der Waals surface area contributed by atoms with E-state index in [-0.39, 0.29) is 22.2 Å². The largest absolute Gasteiger partial charge is 0.462 e. The van der Waals surface area contributed by atoms with Crippen LogP contribution >= 0.6 is 0 Å². The standard InChI is InChI=1S/C18H16O5S/c1-3-22-17(19)16-13-9-5-6-10-14(13)23-18(16)24(20,21)15-11-7-4-8-12(15)2/h4-11H,3H2,1-2H3. The van der Waals surface area contributed by atoms with Crippen molar-refractivity contribution in [1.82, 2.24) is 0 Å². The molecule has 0 radical (unpaired) electrons. The van der Waals surface area contributed by atoms with Crippen LogP contribution in [0.3, 0.4) is 0 Å². The van der Waals surface area contributed by atoms with Crippen LogP contribution in [0.1, 0.15) is 22.8 Å². The molecule has 6 heteroatoms. The summed E-state index contributed by atoms with van der Waals surface area (Å²) < 4.78 is 36.7. The Kier molecular flexibility index (Phi) is 4.15. The Morgan fingerprint density at radius 3 is 2.46 bits per heavy atom. The monoisotopic (exact) mass is 344 g/mol. The van der Waals surface area contributed by atoms with Gasteiger partial charge in [-0.25, -0.2) is 13.2 Å². The van der Waals surface area contributed by atoms with Crippen molar-refractivity contribution >= 4 is 26.8 Å². The second kappa shape index (κ2) is 6.13. The van der Waals surface area contributed by atoms with Gasteiger partial charge >= 0.3 is 5.97 Å². The van der Waals surface area contributed by atoms with Crippen molar-refractivity contribution in [3.63, 3.8) is 0 Å². The van der Waals surface area contributed by atoms with Crippen LogP contribution in [0.2, 0.25) is 0 Å². The minimum atomic E-state index is -3.99. The number of hydrogen-bond donors (Lipinski definition) is 0. The van der Waals surface area contributed by atoms with Crippen LogP contribution in [0.5, 0.6) is 0 Å². The Morgan fingerprint density at radius 2 is 1.75 bits per heavy atom. The zero-order valence-electron chi connectivity index (χ0n) is 13.3. The highest BCUT2D eigenvalue weighted by atomic mass is 32.2. The Bertz CT molecular complexity index is 1010. The van der Waals surface area contributed by atoms with Gasteiger partial charge in [-0.05, 0) is 31.5 Å². The molecule has 3 aromatic rings.